The smallest absolute Gasteiger partial charge is 0.0546 e. The minimum atomic E-state index is 1.11. The molecule has 244 valence electrons. The fourth-order valence-electron chi connectivity index (χ4n) is 7.77. The summed E-state index contributed by atoms with van der Waals surface area (Å²) in [6.07, 6.45) is 0. The second-order valence-corrected chi connectivity index (χ2v) is 14.4. The molecule has 2 heteroatoms. The van der Waals surface area contributed by atoms with E-state index in [1.54, 1.807) is 0 Å². The van der Waals surface area contributed by atoms with Gasteiger partial charge in [0.05, 0.1) is 5.69 Å². The van der Waals surface area contributed by atoms with Crippen molar-refractivity contribution in [3.8, 4) is 33.4 Å². The van der Waals surface area contributed by atoms with Gasteiger partial charge in [0.1, 0.15) is 0 Å². The molecule has 10 aromatic rings. The number of fused-ring (bicyclic) bond motifs is 5. The molecule has 0 aliphatic rings. The third-order valence-corrected chi connectivity index (χ3v) is 11.4. The largest absolute Gasteiger partial charge is 0.310 e. The van der Waals surface area contributed by atoms with E-state index in [1.807, 2.05) is 11.3 Å². The van der Waals surface area contributed by atoms with E-state index < -0.39 is 0 Å². The molecule has 0 radical (unpaired) electrons. The maximum atomic E-state index is 2.45. The van der Waals surface area contributed by atoms with Gasteiger partial charge >= 0.3 is 0 Å². The van der Waals surface area contributed by atoms with E-state index in [0.717, 1.165) is 17.1 Å². The van der Waals surface area contributed by atoms with Gasteiger partial charge in [0, 0.05) is 37.1 Å². The first-order valence-corrected chi connectivity index (χ1v) is 18.6. The Morgan fingerprint density at radius 2 is 0.846 bits per heavy atom. The highest BCUT2D eigenvalue weighted by Gasteiger charge is 2.20. The summed E-state index contributed by atoms with van der Waals surface area (Å²) in [7, 11) is 0. The summed E-state index contributed by atoms with van der Waals surface area (Å²) in [4.78, 5) is 2.45. The van der Waals surface area contributed by atoms with Gasteiger partial charge < -0.3 is 4.90 Å². The van der Waals surface area contributed by atoms with Gasteiger partial charge in [-0.25, -0.2) is 0 Å². The normalized spacial score (nSPS) is 11.5. The summed E-state index contributed by atoms with van der Waals surface area (Å²) in [5.41, 5.74) is 10.6. The maximum Gasteiger partial charge on any atom is 0.0546 e. The van der Waals surface area contributed by atoms with Crippen LogP contribution in [0.25, 0.3) is 75.1 Å². The minimum absolute atomic E-state index is 1.11. The van der Waals surface area contributed by atoms with Gasteiger partial charge in [0.15, 0.2) is 0 Å². The lowest BCUT2D eigenvalue weighted by molar-refractivity contribution is 1.29. The van der Waals surface area contributed by atoms with E-state index >= 15 is 0 Å². The van der Waals surface area contributed by atoms with E-state index in [1.165, 1.54) is 75.1 Å². The molecule has 1 aromatic heterocycles. The van der Waals surface area contributed by atoms with Crippen molar-refractivity contribution in [1.82, 2.24) is 0 Å². The second kappa shape index (κ2) is 12.7. The predicted octanol–water partition coefficient (Wildman–Crippen LogP) is 14.8. The number of nitrogens with zero attached hydrogens (tertiary/aromatic N) is 1. The van der Waals surface area contributed by atoms with Crippen molar-refractivity contribution in [2.45, 2.75) is 0 Å². The van der Waals surface area contributed by atoms with Crippen molar-refractivity contribution in [1.29, 1.82) is 0 Å². The van der Waals surface area contributed by atoms with Crippen LogP contribution >= 0.6 is 11.3 Å². The fraction of sp³-hybridized carbons (Fsp3) is 0. The quantitative estimate of drug-likeness (QED) is 0.169. The molecule has 1 heterocycles. The molecule has 9 aromatic carbocycles. The zero-order valence-electron chi connectivity index (χ0n) is 28.4. The molecule has 0 aliphatic heterocycles. The van der Waals surface area contributed by atoms with Crippen molar-refractivity contribution in [2.24, 2.45) is 0 Å². The molecule has 1 nitrogen and oxygen atoms in total. The number of hydrogen-bond donors (Lipinski definition) is 0. The van der Waals surface area contributed by atoms with Crippen molar-refractivity contribution >= 4 is 70.1 Å². The number of anilines is 3. The van der Waals surface area contributed by atoms with Crippen molar-refractivity contribution in [3.63, 3.8) is 0 Å². The van der Waals surface area contributed by atoms with Crippen molar-refractivity contribution in [2.75, 3.05) is 4.90 Å². The fourth-order valence-corrected chi connectivity index (χ4v) is 8.86. The highest BCUT2D eigenvalue weighted by Crippen LogP contribution is 2.46. The minimum Gasteiger partial charge on any atom is -0.310 e. The van der Waals surface area contributed by atoms with Gasteiger partial charge in [-0.15, -0.1) is 11.3 Å². The molecular weight excluding hydrogens is 647 g/mol. The first kappa shape index (κ1) is 30.4. The summed E-state index contributed by atoms with van der Waals surface area (Å²) in [6, 6.07) is 73.1. The zero-order valence-corrected chi connectivity index (χ0v) is 29.2. The van der Waals surface area contributed by atoms with Gasteiger partial charge in [-0.2, -0.15) is 0 Å². The Kier molecular flexibility index (Phi) is 7.41. The van der Waals surface area contributed by atoms with Crippen LogP contribution in [-0.4, -0.2) is 0 Å². The lowest BCUT2D eigenvalue weighted by Gasteiger charge is -2.29. The number of thiophene rings is 1. The molecule has 0 saturated heterocycles. The molecule has 0 spiro atoms. The molecule has 0 saturated carbocycles. The summed E-state index contributed by atoms with van der Waals surface area (Å²) < 4.78 is 2.60. The first-order valence-electron chi connectivity index (χ1n) is 17.8. The third-order valence-electron chi connectivity index (χ3n) is 10.3. The van der Waals surface area contributed by atoms with Crippen molar-refractivity contribution in [3.05, 3.63) is 200 Å². The van der Waals surface area contributed by atoms with Gasteiger partial charge in [0.2, 0.25) is 0 Å². The Morgan fingerprint density at radius 3 is 1.58 bits per heavy atom. The molecule has 52 heavy (non-hydrogen) atoms. The summed E-state index contributed by atoms with van der Waals surface area (Å²) in [5, 5.41) is 7.58. The second-order valence-electron chi connectivity index (χ2n) is 13.3. The molecule has 0 fully saturated rings. The Hall–Kier alpha value is -6.48. The highest BCUT2D eigenvalue weighted by atomic mass is 32.1. The van der Waals surface area contributed by atoms with Crippen LogP contribution in [0.1, 0.15) is 0 Å². The molecular formula is C50H33NS. The molecule has 0 amide bonds. The molecule has 0 bridgehead atoms. The lowest BCUT2D eigenvalue weighted by Crippen LogP contribution is -2.11. The predicted molar refractivity (Wildman–Crippen MR) is 225 cm³/mol. The third kappa shape index (κ3) is 5.24. The van der Waals surface area contributed by atoms with Crippen molar-refractivity contribution < 1.29 is 0 Å². The molecule has 0 unspecified atom stereocenters. The Balaban J connectivity index is 1.22. The number of benzene rings is 9. The van der Waals surface area contributed by atoms with E-state index in [0.29, 0.717) is 0 Å². The van der Waals surface area contributed by atoms with Crippen LogP contribution in [0.3, 0.4) is 0 Å². The van der Waals surface area contributed by atoms with Crippen LogP contribution in [-0.2, 0) is 0 Å². The Morgan fingerprint density at radius 1 is 0.308 bits per heavy atom. The molecule has 0 aliphatic carbocycles. The monoisotopic (exact) mass is 679 g/mol. The van der Waals surface area contributed by atoms with Crippen LogP contribution < -0.4 is 4.90 Å². The van der Waals surface area contributed by atoms with Crippen LogP contribution in [0, 0.1) is 0 Å². The Bertz CT molecular complexity index is 2890. The number of rotatable bonds is 6. The number of hydrogen-bond acceptors (Lipinski definition) is 2. The van der Waals surface area contributed by atoms with E-state index in [-0.39, 0.29) is 0 Å². The van der Waals surface area contributed by atoms with E-state index in [4.69, 9.17) is 0 Å². The average Bonchev–Trinajstić information content (AvgIpc) is 3.59. The first-order chi connectivity index (χ1) is 25.8. The van der Waals surface area contributed by atoms with Gasteiger partial charge in [-0.05, 0) is 91.8 Å². The van der Waals surface area contributed by atoms with Crippen LogP contribution in [0.2, 0.25) is 0 Å². The lowest BCUT2D eigenvalue weighted by atomic mass is 9.94. The van der Waals surface area contributed by atoms with E-state index in [9.17, 15) is 0 Å². The molecule has 0 N–H and O–H groups in total. The van der Waals surface area contributed by atoms with Gasteiger partial charge in [-0.3, -0.25) is 0 Å². The zero-order chi connectivity index (χ0) is 34.4. The SMILES string of the molecule is c1ccc(-c2ccc(-c3cccc4ccccc34)cc2N(c2ccc(-c3cccc4ccccc34)cc2)c2ccc3sc4ccccc4c3c2)cc1. The van der Waals surface area contributed by atoms with Crippen LogP contribution in [0.4, 0.5) is 17.1 Å². The topological polar surface area (TPSA) is 3.24 Å². The standard InChI is InChI=1S/C50H33NS/c1-2-12-36(13-3-1)45-30-26-38(44-22-11-17-35-15-5-7-19-42(35)44)32-48(45)51(40-29-31-50-47(33-40)46-20-8-9-23-49(46)52-50)39-27-24-37(25-28-39)43-21-10-16-34-14-4-6-18-41(34)43/h1-33H. The summed E-state index contributed by atoms with van der Waals surface area (Å²) in [5.74, 6) is 0. The average molecular weight is 680 g/mol. The maximum absolute atomic E-state index is 2.45. The van der Waals surface area contributed by atoms with Crippen LogP contribution in [0.5, 0.6) is 0 Å². The van der Waals surface area contributed by atoms with Crippen LogP contribution in [0.15, 0.2) is 200 Å². The van der Waals surface area contributed by atoms with Gasteiger partial charge in [0.25, 0.3) is 0 Å². The summed E-state index contributed by atoms with van der Waals surface area (Å²) in [6.45, 7) is 0. The summed E-state index contributed by atoms with van der Waals surface area (Å²) >= 11 is 1.86. The molecule has 0 atom stereocenters. The highest BCUT2D eigenvalue weighted by molar-refractivity contribution is 7.25. The van der Waals surface area contributed by atoms with Gasteiger partial charge in [-0.1, -0.05) is 158 Å². The Labute approximate surface area is 307 Å². The molecule has 10 rings (SSSR count). The van der Waals surface area contributed by atoms with E-state index in [2.05, 4.69) is 205 Å².